The summed E-state index contributed by atoms with van der Waals surface area (Å²) in [5.41, 5.74) is 3.01. The van der Waals surface area contributed by atoms with Crippen LogP contribution in [0.2, 0.25) is 0 Å². The molecule has 2 aliphatic heterocycles. The Labute approximate surface area is 147 Å². The van der Waals surface area contributed by atoms with Crippen LogP contribution in [0, 0.1) is 0 Å². The largest absolute Gasteiger partial charge is 0.339 e. The predicted molar refractivity (Wildman–Crippen MR) is 95.8 cm³/mol. The van der Waals surface area contributed by atoms with E-state index >= 15 is 0 Å². The van der Waals surface area contributed by atoms with E-state index in [0.717, 1.165) is 38.0 Å². The van der Waals surface area contributed by atoms with Crippen LogP contribution in [0.25, 0.3) is 0 Å². The topological polar surface area (TPSA) is 53.5 Å². The first-order chi connectivity index (χ1) is 12.2. The van der Waals surface area contributed by atoms with Crippen molar-refractivity contribution in [2.75, 3.05) is 24.5 Å². The van der Waals surface area contributed by atoms with Crippen molar-refractivity contribution in [3.05, 3.63) is 59.4 Å². The standard InChI is InChI=1S/C20H21N3O2/c24-19(22-11-4-1-5-12-22)16-8-10-21-17(14-16)20(25)23-13-9-15-6-2-3-7-18(15)23/h2-3,6-8,10,14H,1,4-5,9,11-13H2. The Balaban J connectivity index is 1.57. The summed E-state index contributed by atoms with van der Waals surface area (Å²) in [5, 5.41) is 0. The zero-order valence-corrected chi connectivity index (χ0v) is 14.1. The Hall–Kier alpha value is -2.69. The number of likely N-dealkylation sites (tertiary alicyclic amines) is 1. The number of para-hydroxylation sites is 1. The van der Waals surface area contributed by atoms with Crippen LogP contribution in [0.5, 0.6) is 0 Å². The van der Waals surface area contributed by atoms with E-state index in [1.807, 2.05) is 29.2 Å². The van der Waals surface area contributed by atoms with Gasteiger partial charge in [-0.3, -0.25) is 14.6 Å². The summed E-state index contributed by atoms with van der Waals surface area (Å²) in [5.74, 6) is -0.142. The van der Waals surface area contributed by atoms with Crippen molar-refractivity contribution in [3.63, 3.8) is 0 Å². The molecule has 5 heteroatoms. The number of carbonyl (C=O) groups excluding carboxylic acids is 2. The molecule has 0 saturated carbocycles. The Morgan fingerprint density at radius 3 is 2.56 bits per heavy atom. The number of aromatic nitrogens is 1. The molecule has 25 heavy (non-hydrogen) atoms. The zero-order chi connectivity index (χ0) is 17.2. The van der Waals surface area contributed by atoms with Crippen molar-refractivity contribution in [1.82, 2.24) is 9.88 Å². The van der Waals surface area contributed by atoms with E-state index in [4.69, 9.17) is 0 Å². The molecular weight excluding hydrogens is 314 g/mol. The molecule has 128 valence electrons. The normalized spacial score (nSPS) is 16.6. The molecule has 0 atom stereocenters. The molecular formula is C20H21N3O2. The predicted octanol–water partition coefficient (Wildman–Crippen LogP) is 2.91. The summed E-state index contributed by atoms with van der Waals surface area (Å²) in [6.45, 7) is 2.25. The van der Waals surface area contributed by atoms with Gasteiger partial charge in [-0.05, 0) is 49.4 Å². The fourth-order valence-corrected chi connectivity index (χ4v) is 3.65. The Bertz CT molecular complexity index is 812. The van der Waals surface area contributed by atoms with Crippen molar-refractivity contribution >= 4 is 17.5 Å². The van der Waals surface area contributed by atoms with Gasteiger partial charge in [0, 0.05) is 37.1 Å². The highest BCUT2D eigenvalue weighted by Crippen LogP contribution is 2.28. The van der Waals surface area contributed by atoms with Gasteiger partial charge < -0.3 is 9.80 Å². The van der Waals surface area contributed by atoms with Gasteiger partial charge in [0.1, 0.15) is 5.69 Å². The molecule has 0 bridgehead atoms. The number of amides is 2. The van der Waals surface area contributed by atoms with Crippen molar-refractivity contribution in [2.24, 2.45) is 0 Å². The number of hydrogen-bond acceptors (Lipinski definition) is 3. The van der Waals surface area contributed by atoms with E-state index in [2.05, 4.69) is 4.98 Å². The molecule has 2 amide bonds. The number of carbonyl (C=O) groups is 2. The maximum Gasteiger partial charge on any atom is 0.276 e. The first kappa shape index (κ1) is 15.8. The van der Waals surface area contributed by atoms with Crippen molar-refractivity contribution in [2.45, 2.75) is 25.7 Å². The van der Waals surface area contributed by atoms with Crippen LogP contribution < -0.4 is 4.90 Å². The molecule has 1 aromatic carbocycles. The third-order valence-corrected chi connectivity index (χ3v) is 5.00. The van der Waals surface area contributed by atoms with Gasteiger partial charge in [-0.2, -0.15) is 0 Å². The fraction of sp³-hybridized carbons (Fsp3) is 0.350. The zero-order valence-electron chi connectivity index (χ0n) is 14.1. The number of fused-ring (bicyclic) bond motifs is 1. The van der Waals surface area contributed by atoms with Crippen LogP contribution in [-0.2, 0) is 6.42 Å². The molecule has 1 fully saturated rings. The maximum atomic E-state index is 12.9. The second kappa shape index (κ2) is 6.67. The third-order valence-electron chi connectivity index (χ3n) is 5.00. The molecule has 1 aromatic heterocycles. The second-order valence-electron chi connectivity index (χ2n) is 6.62. The van der Waals surface area contributed by atoms with Crippen LogP contribution >= 0.6 is 0 Å². The summed E-state index contributed by atoms with van der Waals surface area (Å²) in [6.07, 6.45) is 5.69. The minimum atomic E-state index is -0.141. The maximum absolute atomic E-state index is 12.9. The van der Waals surface area contributed by atoms with Crippen LogP contribution in [0.3, 0.4) is 0 Å². The molecule has 1 saturated heterocycles. The van der Waals surface area contributed by atoms with Gasteiger partial charge >= 0.3 is 0 Å². The lowest BCUT2D eigenvalue weighted by Gasteiger charge is -2.26. The summed E-state index contributed by atoms with van der Waals surface area (Å²) < 4.78 is 0. The number of hydrogen-bond donors (Lipinski definition) is 0. The molecule has 0 spiro atoms. The summed E-state index contributed by atoms with van der Waals surface area (Å²) in [7, 11) is 0. The molecule has 0 aliphatic carbocycles. The summed E-state index contributed by atoms with van der Waals surface area (Å²) in [4.78, 5) is 33.4. The first-order valence-corrected chi connectivity index (χ1v) is 8.89. The molecule has 2 aromatic rings. The van der Waals surface area contributed by atoms with E-state index < -0.39 is 0 Å². The number of rotatable bonds is 2. The molecule has 0 unspecified atom stereocenters. The fourth-order valence-electron chi connectivity index (χ4n) is 3.65. The van der Waals surface area contributed by atoms with Gasteiger partial charge in [-0.1, -0.05) is 18.2 Å². The monoisotopic (exact) mass is 335 g/mol. The number of pyridine rings is 1. The molecule has 0 N–H and O–H groups in total. The molecule has 2 aliphatic rings. The average Bonchev–Trinajstić information content (AvgIpc) is 3.12. The van der Waals surface area contributed by atoms with Gasteiger partial charge in [-0.15, -0.1) is 0 Å². The van der Waals surface area contributed by atoms with E-state index in [9.17, 15) is 9.59 Å². The van der Waals surface area contributed by atoms with Crippen LogP contribution in [0.15, 0.2) is 42.6 Å². The highest BCUT2D eigenvalue weighted by atomic mass is 16.2. The third kappa shape index (κ3) is 3.02. The van der Waals surface area contributed by atoms with Crippen molar-refractivity contribution in [3.8, 4) is 0 Å². The van der Waals surface area contributed by atoms with Gasteiger partial charge in [0.25, 0.3) is 11.8 Å². The first-order valence-electron chi connectivity index (χ1n) is 8.89. The second-order valence-corrected chi connectivity index (χ2v) is 6.62. The number of anilines is 1. The molecule has 5 nitrogen and oxygen atoms in total. The molecule has 0 radical (unpaired) electrons. The highest BCUT2D eigenvalue weighted by Gasteiger charge is 2.27. The van der Waals surface area contributed by atoms with Crippen molar-refractivity contribution in [1.29, 1.82) is 0 Å². The lowest BCUT2D eigenvalue weighted by molar-refractivity contribution is 0.0724. The van der Waals surface area contributed by atoms with Crippen LogP contribution in [0.1, 0.15) is 45.7 Å². The van der Waals surface area contributed by atoms with Crippen LogP contribution in [0.4, 0.5) is 5.69 Å². The average molecular weight is 335 g/mol. The van der Waals surface area contributed by atoms with Gasteiger partial charge in [0.05, 0.1) is 0 Å². The number of nitrogens with zero attached hydrogens (tertiary/aromatic N) is 3. The number of benzene rings is 1. The smallest absolute Gasteiger partial charge is 0.276 e. The lowest BCUT2D eigenvalue weighted by Crippen LogP contribution is -2.36. The highest BCUT2D eigenvalue weighted by molar-refractivity contribution is 6.07. The molecule has 3 heterocycles. The minimum absolute atomic E-state index is 0.00188. The summed E-state index contributed by atoms with van der Waals surface area (Å²) in [6, 6.07) is 11.3. The van der Waals surface area contributed by atoms with Crippen LogP contribution in [-0.4, -0.2) is 41.3 Å². The Morgan fingerprint density at radius 2 is 1.72 bits per heavy atom. The SMILES string of the molecule is O=C(c1ccnc(C(=O)N2CCc3ccccc32)c1)N1CCCCC1. The van der Waals surface area contributed by atoms with Gasteiger partial charge in [-0.25, -0.2) is 0 Å². The lowest BCUT2D eigenvalue weighted by atomic mass is 10.1. The minimum Gasteiger partial charge on any atom is -0.339 e. The van der Waals surface area contributed by atoms with Crippen molar-refractivity contribution < 1.29 is 9.59 Å². The van der Waals surface area contributed by atoms with E-state index in [1.165, 1.54) is 12.0 Å². The van der Waals surface area contributed by atoms with E-state index in [1.54, 1.807) is 23.2 Å². The van der Waals surface area contributed by atoms with E-state index in [-0.39, 0.29) is 11.8 Å². The van der Waals surface area contributed by atoms with E-state index in [0.29, 0.717) is 17.8 Å². The Kier molecular flexibility index (Phi) is 4.22. The Morgan fingerprint density at radius 1 is 0.920 bits per heavy atom. The quantitative estimate of drug-likeness (QED) is 0.848. The number of piperidine rings is 1. The van der Waals surface area contributed by atoms with Gasteiger partial charge in [0.2, 0.25) is 0 Å². The molecule has 4 rings (SSSR count). The van der Waals surface area contributed by atoms with Gasteiger partial charge in [0.15, 0.2) is 0 Å². The summed E-state index contributed by atoms with van der Waals surface area (Å²) >= 11 is 0.